The normalized spacial score (nSPS) is 14.1. The third-order valence-corrected chi connectivity index (χ3v) is 17.2. The second-order valence-corrected chi connectivity index (χ2v) is 21.0. The van der Waals surface area contributed by atoms with Gasteiger partial charge < -0.3 is 4.90 Å². The maximum atomic E-state index is 2.64. The first-order chi connectivity index (χ1) is 36.0. The monoisotopic (exact) mass is 925 g/mol. The third-order valence-electron chi connectivity index (χ3n) is 17.2. The van der Waals surface area contributed by atoms with E-state index in [2.05, 4.69) is 267 Å². The van der Waals surface area contributed by atoms with E-state index < -0.39 is 5.41 Å². The standard InChI is InChI=1S/C72H47N/c1-71(2)63-34-15-11-29-55(63)58-32-19-33-59(70(58)71)62-42-61-56-30-14-18-37-66(56)72(64-35-16-12-27-53(64)54-28-13-17-36-65(54)72)67(61)43-69(62)73(68-40-44-20-3-4-21-46(44)47-22-9-10-31-57(47)68)45-38-39-52-50-25-6-5-23-48(50)49-24-7-8-26-51(49)60(52)41-45/h3-43H,1-2H3. The van der Waals surface area contributed by atoms with Crippen LogP contribution in [0.5, 0.6) is 0 Å². The molecule has 0 atom stereocenters. The number of fused-ring (bicyclic) bond motifs is 22. The molecule has 16 rings (SSSR count). The molecule has 0 amide bonds. The molecule has 1 heteroatoms. The van der Waals surface area contributed by atoms with E-state index in [1.165, 1.54) is 132 Å². The van der Waals surface area contributed by atoms with Gasteiger partial charge in [-0.15, -0.1) is 0 Å². The van der Waals surface area contributed by atoms with Crippen LogP contribution < -0.4 is 4.90 Å². The van der Waals surface area contributed by atoms with E-state index in [0.717, 1.165) is 17.1 Å². The van der Waals surface area contributed by atoms with Crippen LogP contribution in [0, 0.1) is 0 Å². The zero-order chi connectivity index (χ0) is 48.2. The summed E-state index contributed by atoms with van der Waals surface area (Å²) in [5, 5.41) is 12.5. The fourth-order valence-corrected chi connectivity index (χ4v) is 14.3. The van der Waals surface area contributed by atoms with Crippen LogP contribution in [0.2, 0.25) is 0 Å². The second-order valence-electron chi connectivity index (χ2n) is 21.0. The number of benzene rings is 13. The van der Waals surface area contributed by atoms with Crippen LogP contribution in [0.1, 0.15) is 47.2 Å². The molecule has 0 heterocycles. The van der Waals surface area contributed by atoms with E-state index in [9.17, 15) is 0 Å². The smallest absolute Gasteiger partial charge is 0.0726 e. The van der Waals surface area contributed by atoms with E-state index >= 15 is 0 Å². The van der Waals surface area contributed by atoms with Crippen molar-refractivity contribution in [2.75, 3.05) is 4.90 Å². The molecule has 1 spiro atoms. The molecule has 0 fully saturated rings. The molecule has 0 N–H and O–H groups in total. The van der Waals surface area contributed by atoms with Gasteiger partial charge in [0, 0.05) is 22.1 Å². The van der Waals surface area contributed by atoms with Crippen LogP contribution in [0.3, 0.4) is 0 Å². The predicted octanol–water partition coefficient (Wildman–Crippen LogP) is 19.2. The molecule has 340 valence electrons. The van der Waals surface area contributed by atoms with Gasteiger partial charge >= 0.3 is 0 Å². The molecule has 13 aromatic carbocycles. The van der Waals surface area contributed by atoms with Crippen molar-refractivity contribution in [2.45, 2.75) is 24.7 Å². The van der Waals surface area contributed by atoms with Gasteiger partial charge in [0.25, 0.3) is 0 Å². The van der Waals surface area contributed by atoms with Crippen molar-refractivity contribution in [1.82, 2.24) is 0 Å². The van der Waals surface area contributed by atoms with Gasteiger partial charge in [-0.25, -0.2) is 0 Å². The van der Waals surface area contributed by atoms with Gasteiger partial charge in [0.05, 0.1) is 16.8 Å². The molecule has 3 aliphatic rings. The lowest BCUT2D eigenvalue weighted by atomic mass is 9.70. The Morgan fingerprint density at radius 3 is 1.29 bits per heavy atom. The van der Waals surface area contributed by atoms with Crippen molar-refractivity contribution in [3.63, 3.8) is 0 Å². The zero-order valence-corrected chi connectivity index (χ0v) is 40.6. The van der Waals surface area contributed by atoms with Crippen molar-refractivity contribution in [1.29, 1.82) is 0 Å². The van der Waals surface area contributed by atoms with Crippen LogP contribution >= 0.6 is 0 Å². The summed E-state index contributed by atoms with van der Waals surface area (Å²) in [5.74, 6) is 0. The van der Waals surface area contributed by atoms with E-state index in [1.807, 2.05) is 0 Å². The van der Waals surface area contributed by atoms with Crippen LogP contribution in [0.25, 0.3) is 98.4 Å². The minimum absolute atomic E-state index is 0.259. The molecule has 13 aromatic rings. The molecule has 0 aromatic heterocycles. The van der Waals surface area contributed by atoms with Gasteiger partial charge in [-0.1, -0.05) is 232 Å². The molecule has 0 aliphatic heterocycles. The van der Waals surface area contributed by atoms with E-state index in [1.54, 1.807) is 0 Å². The first-order valence-electron chi connectivity index (χ1n) is 25.8. The number of nitrogens with zero attached hydrogens (tertiary/aromatic N) is 1. The van der Waals surface area contributed by atoms with Crippen molar-refractivity contribution >= 4 is 70.9 Å². The Balaban J connectivity index is 1.10. The molecule has 73 heavy (non-hydrogen) atoms. The highest BCUT2D eigenvalue weighted by molar-refractivity contribution is 6.26. The predicted molar refractivity (Wildman–Crippen MR) is 308 cm³/mol. The number of hydrogen-bond donors (Lipinski definition) is 0. The van der Waals surface area contributed by atoms with Crippen molar-refractivity contribution in [3.8, 4) is 44.5 Å². The SMILES string of the molecule is CC1(C)c2ccccc2-c2cccc(-c3cc4c(cc3N(c3ccc5c6ccccc6c6ccccc6c5c3)c3cc5ccccc5c5ccccc35)C3(c5ccccc5-c5ccccc53)c3ccccc3-4)c21. The lowest BCUT2D eigenvalue weighted by Gasteiger charge is -2.34. The highest BCUT2D eigenvalue weighted by Gasteiger charge is 2.52. The van der Waals surface area contributed by atoms with Gasteiger partial charge in [-0.2, -0.15) is 0 Å². The van der Waals surface area contributed by atoms with E-state index in [4.69, 9.17) is 0 Å². The van der Waals surface area contributed by atoms with Crippen LogP contribution in [0.15, 0.2) is 249 Å². The summed E-state index contributed by atoms with van der Waals surface area (Å²) in [6.07, 6.45) is 0. The van der Waals surface area contributed by atoms with Crippen molar-refractivity contribution in [3.05, 3.63) is 282 Å². The molecular formula is C72H47N. The Hall–Kier alpha value is -9.04. The zero-order valence-electron chi connectivity index (χ0n) is 40.6. The molecule has 0 saturated carbocycles. The van der Waals surface area contributed by atoms with Gasteiger partial charge in [0.15, 0.2) is 0 Å². The van der Waals surface area contributed by atoms with E-state index in [-0.39, 0.29) is 5.41 Å². The summed E-state index contributed by atoms with van der Waals surface area (Å²) in [4.78, 5) is 2.64. The van der Waals surface area contributed by atoms with E-state index in [0.29, 0.717) is 0 Å². The average molecular weight is 926 g/mol. The molecular weight excluding hydrogens is 879 g/mol. The Morgan fingerprint density at radius 1 is 0.260 bits per heavy atom. The fourth-order valence-electron chi connectivity index (χ4n) is 14.3. The molecule has 1 nitrogen and oxygen atoms in total. The number of hydrogen-bond acceptors (Lipinski definition) is 1. The summed E-state index contributed by atoms with van der Waals surface area (Å²) in [6.45, 7) is 4.86. The molecule has 0 radical (unpaired) electrons. The Morgan fingerprint density at radius 2 is 0.685 bits per heavy atom. The molecule has 0 bridgehead atoms. The lowest BCUT2D eigenvalue weighted by Crippen LogP contribution is -2.26. The first-order valence-corrected chi connectivity index (χ1v) is 25.8. The average Bonchev–Trinajstić information content (AvgIpc) is 4.04. The summed E-state index contributed by atoms with van der Waals surface area (Å²) >= 11 is 0. The Bertz CT molecular complexity index is 4470. The van der Waals surface area contributed by atoms with Gasteiger partial charge in [0.2, 0.25) is 0 Å². The minimum atomic E-state index is -0.545. The van der Waals surface area contributed by atoms with Gasteiger partial charge in [-0.3, -0.25) is 0 Å². The number of rotatable bonds is 4. The Kier molecular flexibility index (Phi) is 8.22. The third kappa shape index (κ3) is 5.31. The largest absolute Gasteiger partial charge is 0.309 e. The highest BCUT2D eigenvalue weighted by Crippen LogP contribution is 2.65. The molecule has 3 aliphatic carbocycles. The fraction of sp³-hybridized carbons (Fsp3) is 0.0556. The second kappa shape index (κ2) is 14.8. The molecule has 0 saturated heterocycles. The quantitative estimate of drug-likeness (QED) is 0.159. The highest BCUT2D eigenvalue weighted by atomic mass is 15.1. The Labute approximate surface area is 424 Å². The van der Waals surface area contributed by atoms with Crippen LogP contribution in [-0.4, -0.2) is 0 Å². The van der Waals surface area contributed by atoms with Crippen LogP contribution in [0.4, 0.5) is 17.1 Å². The van der Waals surface area contributed by atoms with Gasteiger partial charge in [-0.05, 0) is 151 Å². The summed E-state index contributed by atoms with van der Waals surface area (Å²) < 4.78 is 0. The maximum Gasteiger partial charge on any atom is 0.0726 e. The minimum Gasteiger partial charge on any atom is -0.309 e. The van der Waals surface area contributed by atoms with Crippen molar-refractivity contribution < 1.29 is 0 Å². The summed E-state index contributed by atoms with van der Waals surface area (Å²) in [6, 6.07) is 94.6. The van der Waals surface area contributed by atoms with Crippen LogP contribution in [-0.2, 0) is 10.8 Å². The van der Waals surface area contributed by atoms with Gasteiger partial charge in [0.1, 0.15) is 0 Å². The van der Waals surface area contributed by atoms with Crippen molar-refractivity contribution in [2.24, 2.45) is 0 Å². The maximum absolute atomic E-state index is 2.64. The lowest BCUT2D eigenvalue weighted by molar-refractivity contribution is 0.662. The topological polar surface area (TPSA) is 3.24 Å². The first kappa shape index (κ1) is 40.7. The molecule has 0 unspecified atom stereocenters. The summed E-state index contributed by atoms with van der Waals surface area (Å²) in [5.41, 5.74) is 21.0. The number of anilines is 3. The summed E-state index contributed by atoms with van der Waals surface area (Å²) in [7, 11) is 0.